The molecule has 6 heteroatoms. The summed E-state index contributed by atoms with van der Waals surface area (Å²) in [6.07, 6.45) is 3.08. The lowest BCUT2D eigenvalue weighted by Crippen LogP contribution is -2.00. The zero-order valence-corrected chi connectivity index (χ0v) is 10.3. The van der Waals surface area contributed by atoms with Gasteiger partial charge in [0.25, 0.3) is 0 Å². The minimum atomic E-state index is -0.309. The molecule has 1 aromatic heterocycles. The number of rotatable bonds is 2. The summed E-state index contributed by atoms with van der Waals surface area (Å²) in [7, 11) is 0. The summed E-state index contributed by atoms with van der Waals surface area (Å²) in [5.41, 5.74) is 1.43. The van der Waals surface area contributed by atoms with Crippen molar-refractivity contribution in [1.29, 1.82) is 0 Å². The van der Waals surface area contributed by atoms with Crippen molar-refractivity contribution in [1.82, 2.24) is 4.98 Å². The van der Waals surface area contributed by atoms with Crippen molar-refractivity contribution < 1.29 is 14.2 Å². The molecule has 1 saturated heterocycles. The fourth-order valence-electron chi connectivity index (χ4n) is 1.73. The maximum absolute atomic E-state index is 5.90. The van der Waals surface area contributed by atoms with Crippen LogP contribution in [0.2, 0.25) is 0 Å². The van der Waals surface area contributed by atoms with Crippen LogP contribution in [0.1, 0.15) is 11.9 Å². The number of nitrogens with zero attached hydrogens (tertiary/aromatic N) is 3. The molecular weight excluding hydrogens is 254 g/mol. The van der Waals surface area contributed by atoms with Gasteiger partial charge in [0.05, 0.1) is 18.8 Å². The molecule has 0 aromatic carbocycles. The second-order valence-electron chi connectivity index (χ2n) is 3.89. The Morgan fingerprint density at radius 1 is 1.33 bits per heavy atom. The molecule has 2 aliphatic rings. The minimum absolute atomic E-state index is 0.309. The van der Waals surface area contributed by atoms with Crippen LogP contribution in [-0.2, 0) is 9.47 Å². The molecule has 0 saturated carbocycles. The van der Waals surface area contributed by atoms with Crippen molar-refractivity contribution in [2.24, 2.45) is 5.11 Å². The van der Waals surface area contributed by atoms with Crippen LogP contribution < -0.4 is 0 Å². The van der Waals surface area contributed by atoms with Gasteiger partial charge in [-0.25, -0.2) is 0 Å². The highest BCUT2D eigenvalue weighted by Gasteiger charge is 2.23. The van der Waals surface area contributed by atoms with Crippen molar-refractivity contribution in [3.05, 3.63) is 47.4 Å². The molecule has 0 atom stereocenters. The Balaban J connectivity index is 1.83. The third-order valence-corrected chi connectivity index (χ3v) is 2.95. The van der Waals surface area contributed by atoms with Crippen LogP contribution in [0, 0.1) is 0 Å². The Morgan fingerprint density at radius 3 is 2.67 bits per heavy atom. The highest BCUT2D eigenvalue weighted by Crippen LogP contribution is 2.27. The predicted octanol–water partition coefficient (Wildman–Crippen LogP) is 2.83. The molecule has 0 bridgehead atoms. The topological polar surface area (TPSA) is 46.7 Å². The van der Waals surface area contributed by atoms with Gasteiger partial charge in [0, 0.05) is 6.07 Å². The van der Waals surface area contributed by atoms with Gasteiger partial charge >= 0.3 is 5.82 Å². The van der Waals surface area contributed by atoms with Gasteiger partial charge in [-0.1, -0.05) is 28.0 Å². The fourth-order valence-corrected chi connectivity index (χ4v) is 1.86. The summed E-state index contributed by atoms with van der Waals surface area (Å²) in [5, 5.41) is 4.67. The van der Waals surface area contributed by atoms with E-state index in [-0.39, 0.29) is 6.29 Å². The Hall–Kier alpha value is -1.56. The van der Waals surface area contributed by atoms with E-state index in [2.05, 4.69) is 16.7 Å². The molecular formula is C12H11ClN3O2+. The van der Waals surface area contributed by atoms with Gasteiger partial charge in [-0.15, -0.1) is 0 Å². The van der Waals surface area contributed by atoms with E-state index in [0.29, 0.717) is 29.8 Å². The van der Waals surface area contributed by atoms with Crippen LogP contribution in [0.25, 0.3) is 0 Å². The zero-order valence-electron chi connectivity index (χ0n) is 9.54. The second-order valence-corrected chi connectivity index (χ2v) is 4.30. The largest absolute Gasteiger partial charge is 0.348 e. The van der Waals surface area contributed by atoms with E-state index in [1.807, 2.05) is 12.1 Å². The van der Waals surface area contributed by atoms with Gasteiger partial charge < -0.3 is 9.47 Å². The summed E-state index contributed by atoms with van der Waals surface area (Å²) in [4.78, 5) is 4.30. The number of aromatic nitrogens is 1. The quantitative estimate of drug-likeness (QED) is 0.772. The highest BCUT2D eigenvalue weighted by molar-refractivity contribution is 6.31. The van der Waals surface area contributed by atoms with Crippen LogP contribution in [-0.4, -0.2) is 22.9 Å². The minimum Gasteiger partial charge on any atom is -0.346 e. The van der Waals surface area contributed by atoms with Crippen LogP contribution in [0.4, 0.5) is 5.82 Å². The highest BCUT2D eigenvalue weighted by atomic mass is 35.5. The Bertz CT molecular complexity index is 545. The lowest BCUT2D eigenvalue weighted by molar-refractivity contribution is -0.435. The summed E-state index contributed by atoms with van der Waals surface area (Å²) >= 11 is 5.90. The molecule has 0 amide bonds. The summed E-state index contributed by atoms with van der Waals surface area (Å²) in [6, 6.07) is 3.74. The lowest BCUT2D eigenvalue weighted by Gasteiger charge is -2.05. The van der Waals surface area contributed by atoms with Gasteiger partial charge in [0.1, 0.15) is 23.1 Å². The van der Waals surface area contributed by atoms with Gasteiger partial charge in [-0.3, -0.25) is 0 Å². The summed E-state index contributed by atoms with van der Waals surface area (Å²) < 4.78 is 12.4. The molecule has 3 rings (SSSR count). The third-order valence-electron chi connectivity index (χ3n) is 2.64. The third kappa shape index (κ3) is 2.08. The maximum atomic E-state index is 5.90. The molecule has 18 heavy (non-hydrogen) atoms. The van der Waals surface area contributed by atoms with Gasteiger partial charge in [-0.05, 0) is 11.1 Å². The maximum Gasteiger partial charge on any atom is 0.348 e. The van der Waals surface area contributed by atoms with E-state index >= 15 is 0 Å². The Morgan fingerprint density at radius 2 is 2.11 bits per heavy atom. The molecule has 1 aromatic rings. The van der Waals surface area contributed by atoms with E-state index in [1.54, 1.807) is 17.1 Å². The number of allylic oxidation sites excluding steroid dienone is 1. The van der Waals surface area contributed by atoms with Gasteiger partial charge in [0.15, 0.2) is 6.29 Å². The number of hydrogen-bond donors (Lipinski definition) is 0. The van der Waals surface area contributed by atoms with Crippen molar-refractivity contribution >= 4 is 17.4 Å². The average Bonchev–Trinajstić information content (AvgIpc) is 3.01. The first-order valence-corrected chi connectivity index (χ1v) is 5.88. The molecule has 2 aliphatic heterocycles. The molecule has 0 aliphatic carbocycles. The normalized spacial score (nSPS) is 20.2. The van der Waals surface area contributed by atoms with Crippen molar-refractivity contribution in [3.63, 3.8) is 0 Å². The summed E-state index contributed by atoms with van der Waals surface area (Å²) in [6.45, 7) is 4.95. The molecule has 0 radical (unpaired) electrons. The first-order valence-electron chi connectivity index (χ1n) is 5.51. The fraction of sp³-hybridized carbons (Fsp3) is 0.250. The number of azo groups is 2. The monoisotopic (exact) mass is 264 g/mol. The van der Waals surface area contributed by atoms with Crippen LogP contribution in [0.5, 0.6) is 0 Å². The van der Waals surface area contributed by atoms with E-state index in [0.717, 1.165) is 5.56 Å². The van der Waals surface area contributed by atoms with E-state index in [9.17, 15) is 0 Å². The number of pyridine rings is 1. The molecule has 0 spiro atoms. The molecule has 5 nitrogen and oxygen atoms in total. The average molecular weight is 265 g/mol. The lowest BCUT2D eigenvalue weighted by atomic mass is 10.3. The van der Waals surface area contributed by atoms with Crippen molar-refractivity contribution in [2.75, 3.05) is 13.2 Å². The molecule has 0 N–H and O–H groups in total. The smallest absolute Gasteiger partial charge is 0.346 e. The molecule has 3 heterocycles. The molecule has 92 valence electrons. The SMILES string of the molecule is C=C1N=[N+](c2ccc(C3OCCO3)cn2)C=C1Cl. The zero-order chi connectivity index (χ0) is 12.5. The van der Waals surface area contributed by atoms with E-state index in [1.165, 1.54) is 0 Å². The van der Waals surface area contributed by atoms with Crippen molar-refractivity contribution in [3.8, 4) is 0 Å². The van der Waals surface area contributed by atoms with Crippen LogP contribution in [0.3, 0.4) is 0 Å². The van der Waals surface area contributed by atoms with E-state index < -0.39 is 0 Å². The second kappa shape index (κ2) is 4.61. The van der Waals surface area contributed by atoms with E-state index in [4.69, 9.17) is 21.1 Å². The first-order chi connectivity index (χ1) is 8.74. The predicted molar refractivity (Wildman–Crippen MR) is 64.3 cm³/mol. The van der Waals surface area contributed by atoms with Gasteiger partial charge in [0.2, 0.25) is 0 Å². The number of hydrogen-bond acceptors (Lipinski definition) is 4. The molecule has 0 unspecified atom stereocenters. The van der Waals surface area contributed by atoms with Gasteiger partial charge in [-0.2, -0.15) is 0 Å². The van der Waals surface area contributed by atoms with Crippen molar-refractivity contribution in [2.45, 2.75) is 6.29 Å². The Kier molecular flexibility index (Phi) is 2.95. The van der Waals surface area contributed by atoms with Crippen LogP contribution in [0.15, 0.2) is 47.0 Å². The summed E-state index contributed by atoms with van der Waals surface area (Å²) in [5.74, 6) is 0.675. The van der Waals surface area contributed by atoms with Crippen LogP contribution >= 0.6 is 11.6 Å². The number of halogens is 1. The first kappa shape index (κ1) is 11.5. The number of ether oxygens (including phenoxy) is 2. The Labute approximate surface area is 109 Å². The molecule has 1 fully saturated rings. The standard InChI is InChI=1S/C12H11ClN3O2/c1-8-10(13)7-16(15-8)11-3-2-9(6-14-11)12-17-4-5-18-12/h2-3,6-7,12H,1,4-5H2/q+1.